The minimum absolute atomic E-state index is 0.120. The van der Waals surface area contributed by atoms with Crippen LogP contribution < -0.4 is 10.6 Å². The first-order valence-electron chi connectivity index (χ1n) is 9.80. The van der Waals surface area contributed by atoms with E-state index in [1.807, 2.05) is 11.6 Å². The molecule has 2 heterocycles. The lowest BCUT2D eigenvalue weighted by Gasteiger charge is -2.25. The van der Waals surface area contributed by atoms with Gasteiger partial charge >= 0.3 is 0 Å². The van der Waals surface area contributed by atoms with Crippen LogP contribution in [0.3, 0.4) is 0 Å². The molecule has 0 spiro atoms. The van der Waals surface area contributed by atoms with E-state index in [2.05, 4.69) is 25.7 Å². The molecule has 0 bridgehead atoms. The summed E-state index contributed by atoms with van der Waals surface area (Å²) >= 11 is 0. The van der Waals surface area contributed by atoms with Crippen LogP contribution in [0, 0.1) is 0 Å². The standard InChI is InChI=1S/C17H33N7O3S/c1-5-18-17(19-10-7-11-23(3)28(25,26)6-2)20-14-8-9-16-21-15(13-27-4)22-24(16)12-14/h14H,5-13H2,1-4H3,(H2,18,19,20). The third kappa shape index (κ3) is 6.42. The van der Waals surface area contributed by atoms with Gasteiger partial charge in [-0.15, -0.1) is 0 Å². The van der Waals surface area contributed by atoms with Crippen LogP contribution in [0.15, 0.2) is 4.99 Å². The summed E-state index contributed by atoms with van der Waals surface area (Å²) in [5.74, 6) is 2.57. The van der Waals surface area contributed by atoms with Gasteiger partial charge in [-0.1, -0.05) is 0 Å². The molecule has 0 fully saturated rings. The second kappa shape index (κ2) is 10.7. The molecule has 1 unspecified atom stereocenters. The van der Waals surface area contributed by atoms with Crippen molar-refractivity contribution >= 4 is 16.0 Å². The predicted octanol–water partition coefficient (Wildman–Crippen LogP) is -0.0340. The summed E-state index contributed by atoms with van der Waals surface area (Å²) in [6.45, 7) is 6.60. The number of guanidine groups is 1. The number of ether oxygens (including phenoxy) is 1. The van der Waals surface area contributed by atoms with Gasteiger partial charge in [0.15, 0.2) is 11.8 Å². The quantitative estimate of drug-likeness (QED) is 0.313. The van der Waals surface area contributed by atoms with Gasteiger partial charge in [0.2, 0.25) is 10.0 Å². The Bertz CT molecular complexity index is 748. The van der Waals surface area contributed by atoms with Gasteiger partial charge in [-0.3, -0.25) is 4.99 Å². The number of fused-ring (bicyclic) bond motifs is 1. The van der Waals surface area contributed by atoms with Crippen molar-refractivity contribution < 1.29 is 13.2 Å². The van der Waals surface area contributed by atoms with Crippen molar-refractivity contribution in [2.24, 2.45) is 4.99 Å². The van der Waals surface area contributed by atoms with Crippen molar-refractivity contribution in [3.63, 3.8) is 0 Å². The fourth-order valence-corrected chi connectivity index (χ4v) is 3.87. The van der Waals surface area contributed by atoms with Gasteiger partial charge in [0.1, 0.15) is 12.4 Å². The lowest BCUT2D eigenvalue weighted by Crippen LogP contribution is -2.47. The minimum atomic E-state index is -3.13. The van der Waals surface area contributed by atoms with E-state index in [-0.39, 0.29) is 11.8 Å². The summed E-state index contributed by atoms with van der Waals surface area (Å²) in [4.78, 5) is 9.08. The molecule has 1 aromatic rings. The number of sulfonamides is 1. The second-order valence-corrected chi connectivity index (χ2v) is 9.14. The zero-order valence-corrected chi connectivity index (χ0v) is 18.1. The summed E-state index contributed by atoms with van der Waals surface area (Å²) in [6.07, 6.45) is 2.48. The summed E-state index contributed by atoms with van der Waals surface area (Å²) < 4.78 is 32.0. The van der Waals surface area contributed by atoms with Crippen LogP contribution in [-0.4, -0.2) is 79.0 Å². The summed E-state index contributed by atoms with van der Waals surface area (Å²) in [5, 5.41) is 11.2. The van der Waals surface area contributed by atoms with Crippen LogP contribution in [0.1, 0.15) is 38.3 Å². The third-order valence-corrected chi connectivity index (χ3v) is 6.46. The summed E-state index contributed by atoms with van der Waals surface area (Å²) in [5.41, 5.74) is 0. The summed E-state index contributed by atoms with van der Waals surface area (Å²) in [7, 11) is 0.117. The number of aromatic nitrogens is 3. The molecule has 11 heteroatoms. The van der Waals surface area contributed by atoms with E-state index in [0.29, 0.717) is 31.9 Å². The Hall–Kier alpha value is -1.72. The maximum absolute atomic E-state index is 11.8. The van der Waals surface area contributed by atoms with E-state index < -0.39 is 10.0 Å². The molecule has 1 aliphatic heterocycles. The molecule has 0 saturated carbocycles. The molecular weight excluding hydrogens is 382 g/mol. The van der Waals surface area contributed by atoms with Crippen molar-refractivity contribution in [3.8, 4) is 0 Å². The number of aryl methyl sites for hydroxylation is 1. The number of hydrogen-bond donors (Lipinski definition) is 2. The number of rotatable bonds is 10. The monoisotopic (exact) mass is 415 g/mol. The molecule has 0 aromatic carbocycles. The van der Waals surface area contributed by atoms with Crippen LogP contribution in [0.5, 0.6) is 0 Å². The Labute approximate surface area is 167 Å². The maximum atomic E-state index is 11.8. The van der Waals surface area contributed by atoms with Gasteiger partial charge in [0.05, 0.1) is 12.3 Å². The van der Waals surface area contributed by atoms with E-state index in [1.54, 1.807) is 21.1 Å². The highest BCUT2D eigenvalue weighted by atomic mass is 32.2. The Balaban J connectivity index is 1.87. The molecule has 28 heavy (non-hydrogen) atoms. The maximum Gasteiger partial charge on any atom is 0.213 e. The fourth-order valence-electron chi connectivity index (χ4n) is 3.03. The van der Waals surface area contributed by atoms with Crippen molar-refractivity contribution in [1.82, 2.24) is 29.7 Å². The number of hydrogen-bond acceptors (Lipinski definition) is 6. The van der Waals surface area contributed by atoms with Gasteiger partial charge < -0.3 is 15.4 Å². The fraction of sp³-hybridized carbons (Fsp3) is 0.824. The van der Waals surface area contributed by atoms with Crippen molar-refractivity contribution in [2.75, 3.05) is 39.5 Å². The molecule has 1 aliphatic rings. The number of aliphatic imine (C=N–C) groups is 1. The molecular formula is C17H33N7O3S. The zero-order valence-electron chi connectivity index (χ0n) is 17.3. The van der Waals surface area contributed by atoms with Crippen LogP contribution in [0.2, 0.25) is 0 Å². The molecule has 0 amide bonds. The largest absolute Gasteiger partial charge is 0.377 e. The first kappa shape index (κ1) is 22.6. The first-order valence-corrected chi connectivity index (χ1v) is 11.4. The minimum Gasteiger partial charge on any atom is -0.377 e. The van der Waals surface area contributed by atoms with E-state index in [4.69, 9.17) is 4.74 Å². The third-order valence-electron chi connectivity index (χ3n) is 4.60. The first-order chi connectivity index (χ1) is 13.4. The van der Waals surface area contributed by atoms with Gasteiger partial charge in [0.25, 0.3) is 0 Å². The average molecular weight is 416 g/mol. The van der Waals surface area contributed by atoms with Crippen LogP contribution in [0.4, 0.5) is 0 Å². The molecule has 0 saturated heterocycles. The molecule has 0 aliphatic carbocycles. The van der Waals surface area contributed by atoms with Gasteiger partial charge in [-0.2, -0.15) is 5.10 Å². The molecule has 10 nitrogen and oxygen atoms in total. The highest BCUT2D eigenvalue weighted by Gasteiger charge is 2.22. The lowest BCUT2D eigenvalue weighted by atomic mass is 10.1. The highest BCUT2D eigenvalue weighted by Crippen LogP contribution is 2.13. The Morgan fingerprint density at radius 3 is 2.89 bits per heavy atom. The zero-order chi connectivity index (χ0) is 20.6. The smallest absolute Gasteiger partial charge is 0.213 e. The second-order valence-electron chi connectivity index (χ2n) is 6.78. The average Bonchev–Trinajstić information content (AvgIpc) is 3.07. The molecule has 160 valence electrons. The SMILES string of the molecule is CCNC(=NCCCN(C)S(=O)(=O)CC)NC1CCc2nc(COC)nn2C1. The van der Waals surface area contributed by atoms with Gasteiger partial charge in [-0.25, -0.2) is 22.4 Å². The van der Waals surface area contributed by atoms with Crippen LogP contribution in [-0.2, 0) is 34.3 Å². The lowest BCUT2D eigenvalue weighted by molar-refractivity contribution is 0.177. The van der Waals surface area contributed by atoms with Crippen molar-refractivity contribution in [2.45, 2.75) is 52.3 Å². The molecule has 1 aromatic heterocycles. The van der Waals surface area contributed by atoms with E-state index in [0.717, 1.165) is 37.7 Å². The number of methoxy groups -OCH3 is 1. The number of nitrogens with zero attached hydrogens (tertiary/aromatic N) is 5. The molecule has 0 radical (unpaired) electrons. The molecule has 2 rings (SSSR count). The van der Waals surface area contributed by atoms with Crippen LogP contribution >= 0.6 is 0 Å². The van der Waals surface area contributed by atoms with Crippen molar-refractivity contribution in [3.05, 3.63) is 11.6 Å². The highest BCUT2D eigenvalue weighted by molar-refractivity contribution is 7.89. The molecule has 1 atom stereocenters. The topological polar surface area (TPSA) is 114 Å². The predicted molar refractivity (Wildman–Crippen MR) is 109 cm³/mol. The van der Waals surface area contributed by atoms with E-state index in [1.165, 1.54) is 4.31 Å². The Kier molecular flexibility index (Phi) is 8.64. The number of nitrogens with one attached hydrogen (secondary N) is 2. The molecule has 2 N–H and O–H groups in total. The van der Waals surface area contributed by atoms with Gasteiger partial charge in [0, 0.05) is 46.3 Å². The normalized spacial score (nSPS) is 17.6. The van der Waals surface area contributed by atoms with E-state index in [9.17, 15) is 8.42 Å². The van der Waals surface area contributed by atoms with Crippen molar-refractivity contribution in [1.29, 1.82) is 0 Å². The van der Waals surface area contributed by atoms with Crippen LogP contribution in [0.25, 0.3) is 0 Å². The Morgan fingerprint density at radius 1 is 1.43 bits per heavy atom. The summed E-state index contributed by atoms with van der Waals surface area (Å²) in [6, 6.07) is 0.213. The van der Waals surface area contributed by atoms with Gasteiger partial charge in [-0.05, 0) is 26.7 Å². The van der Waals surface area contributed by atoms with E-state index >= 15 is 0 Å². The Morgan fingerprint density at radius 2 is 2.21 bits per heavy atom.